The predicted molar refractivity (Wildman–Crippen MR) is 80.7 cm³/mol. The summed E-state index contributed by atoms with van der Waals surface area (Å²) in [6.45, 7) is 4.70. The van der Waals surface area contributed by atoms with E-state index in [0.29, 0.717) is 12.2 Å². The van der Waals surface area contributed by atoms with Crippen LogP contribution in [0.25, 0.3) is 0 Å². The molecule has 1 atom stereocenters. The summed E-state index contributed by atoms with van der Waals surface area (Å²) in [6.07, 6.45) is 7.06. The smallest absolute Gasteiger partial charge is 0.303 e. The summed E-state index contributed by atoms with van der Waals surface area (Å²) in [5, 5.41) is 8.87. The van der Waals surface area contributed by atoms with Crippen LogP contribution < -0.4 is 10.5 Å². The van der Waals surface area contributed by atoms with Gasteiger partial charge in [0.2, 0.25) is 0 Å². The first-order valence-electron chi connectivity index (χ1n) is 7.56. The fraction of sp³-hybridized carbons (Fsp3) is 0.667. The molecule has 1 N–H and O–H groups in total. The number of carboxylic acid groups (broad SMARTS) is 1. The van der Waals surface area contributed by atoms with Crippen LogP contribution in [0.3, 0.4) is 0 Å². The molecule has 0 aliphatic carbocycles. The summed E-state index contributed by atoms with van der Waals surface area (Å²) in [6, 6.07) is 0.180. The fourth-order valence-electron chi connectivity index (χ4n) is 2.89. The van der Waals surface area contributed by atoms with Crippen LogP contribution in [0.4, 0.5) is 5.82 Å². The lowest BCUT2D eigenvalue weighted by atomic mass is 9.98. The standard InChI is InChI=1S/C15H23N3O3/c1-11(2)17-10-8-16-14(15(17)21)18-9-4-3-5-12(18)6-7-13(19)20/h8,10-12H,3-7,9H2,1-2H3,(H,19,20). The van der Waals surface area contributed by atoms with E-state index < -0.39 is 5.97 Å². The molecule has 116 valence electrons. The van der Waals surface area contributed by atoms with Gasteiger partial charge in [-0.3, -0.25) is 9.59 Å². The molecule has 0 aromatic carbocycles. The average Bonchev–Trinajstić information content (AvgIpc) is 2.45. The maximum Gasteiger partial charge on any atom is 0.303 e. The van der Waals surface area contributed by atoms with E-state index in [0.717, 1.165) is 25.8 Å². The van der Waals surface area contributed by atoms with Crippen molar-refractivity contribution in [3.05, 3.63) is 22.7 Å². The zero-order valence-electron chi connectivity index (χ0n) is 12.7. The molecule has 6 nitrogen and oxygen atoms in total. The van der Waals surface area contributed by atoms with Gasteiger partial charge in [-0.2, -0.15) is 0 Å². The van der Waals surface area contributed by atoms with E-state index in [4.69, 9.17) is 5.11 Å². The normalized spacial score (nSPS) is 19.0. The Bertz CT molecular complexity index is 553. The van der Waals surface area contributed by atoms with Gasteiger partial charge in [-0.1, -0.05) is 0 Å². The minimum Gasteiger partial charge on any atom is -0.481 e. The molecule has 1 aliphatic rings. The lowest BCUT2D eigenvalue weighted by molar-refractivity contribution is -0.137. The second-order valence-electron chi connectivity index (χ2n) is 5.83. The highest BCUT2D eigenvalue weighted by Crippen LogP contribution is 2.24. The molecule has 21 heavy (non-hydrogen) atoms. The van der Waals surface area contributed by atoms with Crippen molar-refractivity contribution in [1.82, 2.24) is 9.55 Å². The molecule has 0 saturated carbocycles. The Hall–Kier alpha value is -1.85. The van der Waals surface area contributed by atoms with Crippen molar-refractivity contribution in [3.8, 4) is 0 Å². The van der Waals surface area contributed by atoms with Crippen molar-refractivity contribution in [2.75, 3.05) is 11.4 Å². The molecule has 1 aliphatic heterocycles. The summed E-state index contributed by atoms with van der Waals surface area (Å²) in [4.78, 5) is 29.6. The van der Waals surface area contributed by atoms with Crippen molar-refractivity contribution < 1.29 is 9.90 Å². The highest BCUT2D eigenvalue weighted by Gasteiger charge is 2.26. The van der Waals surface area contributed by atoms with E-state index in [1.807, 2.05) is 18.7 Å². The van der Waals surface area contributed by atoms with E-state index in [9.17, 15) is 9.59 Å². The van der Waals surface area contributed by atoms with E-state index in [1.54, 1.807) is 17.0 Å². The monoisotopic (exact) mass is 293 g/mol. The van der Waals surface area contributed by atoms with Crippen LogP contribution in [0.5, 0.6) is 0 Å². The van der Waals surface area contributed by atoms with Crippen LogP contribution in [-0.2, 0) is 4.79 Å². The molecule has 0 amide bonds. The largest absolute Gasteiger partial charge is 0.481 e. The number of aromatic nitrogens is 2. The van der Waals surface area contributed by atoms with Crippen LogP contribution in [0, 0.1) is 0 Å². The molecule has 1 saturated heterocycles. The van der Waals surface area contributed by atoms with Gasteiger partial charge in [0.25, 0.3) is 5.56 Å². The SMILES string of the molecule is CC(C)n1ccnc(N2CCCCC2CCC(=O)O)c1=O. The summed E-state index contributed by atoms with van der Waals surface area (Å²) in [7, 11) is 0. The topological polar surface area (TPSA) is 75.4 Å². The van der Waals surface area contributed by atoms with Gasteiger partial charge in [0.1, 0.15) is 0 Å². The van der Waals surface area contributed by atoms with E-state index in [2.05, 4.69) is 4.98 Å². The average molecular weight is 293 g/mol. The molecule has 2 heterocycles. The molecule has 6 heteroatoms. The second-order valence-corrected chi connectivity index (χ2v) is 5.83. The van der Waals surface area contributed by atoms with Crippen molar-refractivity contribution in [1.29, 1.82) is 0 Å². The van der Waals surface area contributed by atoms with Crippen LogP contribution >= 0.6 is 0 Å². The molecule has 1 fully saturated rings. The van der Waals surface area contributed by atoms with E-state index in [1.165, 1.54) is 0 Å². The van der Waals surface area contributed by atoms with Crippen LogP contribution in [0.15, 0.2) is 17.2 Å². The quantitative estimate of drug-likeness (QED) is 0.899. The Morgan fingerprint density at radius 3 is 2.90 bits per heavy atom. The third-order valence-electron chi connectivity index (χ3n) is 4.00. The third kappa shape index (κ3) is 3.62. The maximum atomic E-state index is 12.5. The molecule has 1 unspecified atom stereocenters. The molecular formula is C15H23N3O3. The maximum absolute atomic E-state index is 12.5. The van der Waals surface area contributed by atoms with Crippen molar-refractivity contribution in [2.24, 2.45) is 0 Å². The van der Waals surface area contributed by atoms with Gasteiger partial charge in [-0.25, -0.2) is 4.98 Å². The lowest BCUT2D eigenvalue weighted by Gasteiger charge is -2.36. The van der Waals surface area contributed by atoms with E-state index in [-0.39, 0.29) is 24.1 Å². The molecule has 1 aromatic heterocycles. The van der Waals surface area contributed by atoms with Crippen molar-refractivity contribution >= 4 is 11.8 Å². The Labute approximate surface area is 124 Å². The number of anilines is 1. The highest BCUT2D eigenvalue weighted by molar-refractivity contribution is 5.66. The van der Waals surface area contributed by atoms with Gasteiger partial charge >= 0.3 is 5.97 Å². The summed E-state index contributed by atoms with van der Waals surface area (Å²) < 4.78 is 1.67. The number of hydrogen-bond donors (Lipinski definition) is 1. The van der Waals surface area contributed by atoms with Crippen LogP contribution in [-0.4, -0.2) is 33.2 Å². The predicted octanol–water partition coefficient (Wildman–Crippen LogP) is 2.05. The number of carbonyl (C=O) groups is 1. The first kappa shape index (κ1) is 15.5. The van der Waals surface area contributed by atoms with Gasteiger partial charge in [-0.15, -0.1) is 0 Å². The first-order valence-corrected chi connectivity index (χ1v) is 7.56. The van der Waals surface area contributed by atoms with Crippen LogP contribution in [0.1, 0.15) is 52.0 Å². The zero-order valence-corrected chi connectivity index (χ0v) is 12.7. The number of aliphatic carboxylic acids is 1. The summed E-state index contributed by atoms with van der Waals surface area (Å²) >= 11 is 0. The van der Waals surface area contributed by atoms with Crippen molar-refractivity contribution in [2.45, 2.75) is 58.0 Å². The molecule has 0 bridgehead atoms. The number of carboxylic acids is 1. The molecule has 0 radical (unpaired) electrons. The lowest BCUT2D eigenvalue weighted by Crippen LogP contribution is -2.44. The Morgan fingerprint density at radius 2 is 2.24 bits per heavy atom. The van der Waals surface area contributed by atoms with Gasteiger partial charge in [0.15, 0.2) is 5.82 Å². The molecule has 0 spiro atoms. The minimum absolute atomic E-state index is 0.0847. The number of rotatable bonds is 5. The summed E-state index contributed by atoms with van der Waals surface area (Å²) in [5.41, 5.74) is -0.0882. The van der Waals surface area contributed by atoms with Gasteiger partial charge in [0, 0.05) is 37.4 Å². The van der Waals surface area contributed by atoms with Crippen molar-refractivity contribution in [3.63, 3.8) is 0 Å². The minimum atomic E-state index is -0.791. The Morgan fingerprint density at radius 1 is 1.48 bits per heavy atom. The Kier molecular flexibility index (Phi) is 4.98. The zero-order chi connectivity index (χ0) is 15.4. The van der Waals surface area contributed by atoms with Gasteiger partial charge in [-0.05, 0) is 39.5 Å². The fourth-order valence-corrected chi connectivity index (χ4v) is 2.89. The molecule has 1 aromatic rings. The van der Waals surface area contributed by atoms with Crippen LogP contribution in [0.2, 0.25) is 0 Å². The summed E-state index contributed by atoms with van der Waals surface area (Å²) in [5.74, 6) is -0.331. The third-order valence-corrected chi connectivity index (χ3v) is 4.00. The highest BCUT2D eigenvalue weighted by atomic mass is 16.4. The molecule has 2 rings (SSSR count). The number of hydrogen-bond acceptors (Lipinski definition) is 4. The Balaban J connectivity index is 2.27. The number of nitrogens with zero attached hydrogens (tertiary/aromatic N) is 3. The second kappa shape index (κ2) is 6.74. The van der Waals surface area contributed by atoms with Gasteiger partial charge in [0.05, 0.1) is 0 Å². The first-order chi connectivity index (χ1) is 10.0. The van der Waals surface area contributed by atoms with Gasteiger partial charge < -0.3 is 14.6 Å². The number of piperidine rings is 1. The molecular weight excluding hydrogens is 270 g/mol. The van der Waals surface area contributed by atoms with E-state index >= 15 is 0 Å².